The lowest BCUT2D eigenvalue weighted by Crippen LogP contribution is -2.38. The van der Waals surface area contributed by atoms with E-state index in [0.717, 1.165) is 10.6 Å². The van der Waals surface area contributed by atoms with Gasteiger partial charge >= 0.3 is 0 Å². The van der Waals surface area contributed by atoms with Gasteiger partial charge in [0.1, 0.15) is 5.57 Å². The number of amides is 1. The van der Waals surface area contributed by atoms with Crippen molar-refractivity contribution in [2.75, 3.05) is 23.9 Å². The third-order valence-electron chi connectivity index (χ3n) is 4.21. The molecular weight excluding hydrogens is 308 g/mol. The molecule has 0 bridgehead atoms. The van der Waals surface area contributed by atoms with Crippen molar-refractivity contribution in [1.82, 2.24) is 0 Å². The number of likely N-dealkylation sites (N-methyl/N-ethyl adjacent to an activating group) is 1. The lowest BCUT2D eigenvalue weighted by molar-refractivity contribution is -0.114. The summed E-state index contributed by atoms with van der Waals surface area (Å²) in [6, 6.07) is 15.1. The van der Waals surface area contributed by atoms with Crippen LogP contribution in [0.25, 0.3) is 0 Å². The Morgan fingerprint density at radius 1 is 0.826 bits per heavy atom. The SMILES string of the molecule is CN1C(=C2C(=O)c3ccccc3N(C)C2=O)Sc2ccccc21. The number of carbonyl (C=O) groups is 2. The third kappa shape index (κ3) is 1.93. The Bertz CT molecular complexity index is 888. The van der Waals surface area contributed by atoms with Gasteiger partial charge in [-0.15, -0.1) is 0 Å². The molecule has 2 aromatic carbocycles. The Kier molecular flexibility index (Phi) is 3.06. The summed E-state index contributed by atoms with van der Waals surface area (Å²) < 4.78 is 0. The van der Waals surface area contributed by atoms with Crippen LogP contribution in [0.4, 0.5) is 11.4 Å². The second-order valence-corrected chi connectivity index (χ2v) is 6.55. The van der Waals surface area contributed by atoms with Crippen LogP contribution in [0.15, 0.2) is 64.0 Å². The molecule has 0 unspecified atom stereocenters. The number of thioether (sulfide) groups is 1. The first-order valence-corrected chi connectivity index (χ1v) is 8.08. The standard InChI is InChI=1S/C18H14N2O2S/c1-19-12-8-4-3-7-11(12)16(21)15(17(19)22)18-20(2)13-9-5-6-10-14(13)23-18/h3-10H,1-2H3. The molecule has 0 N–H and O–H groups in total. The Morgan fingerprint density at radius 2 is 1.48 bits per heavy atom. The smallest absolute Gasteiger partial charge is 0.264 e. The van der Waals surface area contributed by atoms with Crippen molar-refractivity contribution in [2.24, 2.45) is 0 Å². The summed E-state index contributed by atoms with van der Waals surface area (Å²) in [6.07, 6.45) is 0. The molecule has 23 heavy (non-hydrogen) atoms. The number of hydrogen-bond donors (Lipinski definition) is 0. The van der Waals surface area contributed by atoms with Crippen molar-refractivity contribution in [3.05, 3.63) is 64.7 Å². The van der Waals surface area contributed by atoms with Gasteiger partial charge in [0.15, 0.2) is 0 Å². The minimum absolute atomic E-state index is 0.203. The van der Waals surface area contributed by atoms with E-state index in [0.29, 0.717) is 16.3 Å². The molecule has 4 nitrogen and oxygen atoms in total. The zero-order valence-corrected chi connectivity index (χ0v) is 13.6. The van der Waals surface area contributed by atoms with Crippen LogP contribution in [0.1, 0.15) is 10.4 Å². The van der Waals surface area contributed by atoms with Crippen molar-refractivity contribution in [2.45, 2.75) is 4.90 Å². The fourth-order valence-corrected chi connectivity index (χ4v) is 4.16. The molecule has 4 rings (SSSR count). The van der Waals surface area contributed by atoms with Crippen LogP contribution in [0.5, 0.6) is 0 Å². The predicted octanol–water partition coefficient (Wildman–Crippen LogP) is 3.30. The molecule has 114 valence electrons. The van der Waals surface area contributed by atoms with E-state index in [2.05, 4.69) is 0 Å². The van der Waals surface area contributed by atoms with Gasteiger partial charge in [-0.05, 0) is 24.3 Å². The lowest BCUT2D eigenvalue weighted by atomic mass is 9.96. The van der Waals surface area contributed by atoms with E-state index >= 15 is 0 Å². The Labute approximate surface area is 138 Å². The predicted molar refractivity (Wildman–Crippen MR) is 91.9 cm³/mol. The van der Waals surface area contributed by atoms with Crippen LogP contribution in [-0.2, 0) is 4.79 Å². The molecule has 0 aromatic heterocycles. The number of hydrogen-bond acceptors (Lipinski definition) is 4. The number of carbonyl (C=O) groups excluding carboxylic acids is 2. The van der Waals surface area contributed by atoms with Crippen LogP contribution in [0, 0.1) is 0 Å². The van der Waals surface area contributed by atoms with Gasteiger partial charge in [0.25, 0.3) is 5.91 Å². The number of nitrogens with zero attached hydrogens (tertiary/aromatic N) is 2. The van der Waals surface area contributed by atoms with E-state index in [1.807, 2.05) is 48.3 Å². The van der Waals surface area contributed by atoms with Gasteiger partial charge in [0.05, 0.1) is 16.4 Å². The highest BCUT2D eigenvalue weighted by atomic mass is 32.2. The summed E-state index contributed by atoms with van der Waals surface area (Å²) in [5, 5.41) is 0.697. The lowest BCUT2D eigenvalue weighted by Gasteiger charge is -2.28. The number of fused-ring (bicyclic) bond motifs is 2. The first-order valence-electron chi connectivity index (χ1n) is 7.26. The number of ketones is 1. The van der Waals surface area contributed by atoms with Gasteiger partial charge in [0.2, 0.25) is 5.78 Å². The molecule has 0 saturated carbocycles. The summed E-state index contributed by atoms with van der Waals surface area (Å²) in [5.41, 5.74) is 2.49. The molecule has 0 atom stereocenters. The van der Waals surface area contributed by atoms with Crippen molar-refractivity contribution < 1.29 is 9.59 Å². The molecule has 1 amide bonds. The van der Waals surface area contributed by atoms with E-state index in [4.69, 9.17) is 0 Å². The highest BCUT2D eigenvalue weighted by Gasteiger charge is 2.38. The second-order valence-electron chi connectivity index (χ2n) is 5.52. The van der Waals surface area contributed by atoms with E-state index in [1.165, 1.54) is 11.8 Å². The first kappa shape index (κ1) is 14.1. The fourth-order valence-electron chi connectivity index (χ4n) is 2.98. The Balaban J connectivity index is 1.91. The van der Waals surface area contributed by atoms with E-state index in [9.17, 15) is 9.59 Å². The maximum absolute atomic E-state index is 12.9. The largest absolute Gasteiger partial charge is 0.337 e. The molecule has 2 heterocycles. The molecular formula is C18H14N2O2S. The van der Waals surface area contributed by atoms with Gasteiger partial charge in [-0.3, -0.25) is 9.59 Å². The number of benzene rings is 2. The average Bonchev–Trinajstić information content (AvgIpc) is 2.90. The maximum Gasteiger partial charge on any atom is 0.264 e. The van der Waals surface area contributed by atoms with Crippen molar-refractivity contribution in [3.8, 4) is 0 Å². The van der Waals surface area contributed by atoms with Crippen molar-refractivity contribution >= 4 is 34.8 Å². The molecule has 0 radical (unpaired) electrons. The number of para-hydroxylation sites is 2. The Morgan fingerprint density at radius 3 is 2.22 bits per heavy atom. The quantitative estimate of drug-likeness (QED) is 0.551. The molecule has 2 aliphatic heterocycles. The minimum Gasteiger partial charge on any atom is -0.337 e. The molecule has 5 heteroatoms. The summed E-state index contributed by atoms with van der Waals surface area (Å²) in [4.78, 5) is 30.2. The third-order valence-corrected chi connectivity index (χ3v) is 5.44. The molecule has 0 aliphatic carbocycles. The summed E-state index contributed by atoms with van der Waals surface area (Å²) in [7, 11) is 3.60. The van der Waals surface area contributed by atoms with E-state index in [-0.39, 0.29) is 17.3 Å². The van der Waals surface area contributed by atoms with Crippen LogP contribution in [0.2, 0.25) is 0 Å². The Hall–Kier alpha value is -2.53. The number of anilines is 2. The minimum atomic E-state index is -0.254. The zero-order chi connectivity index (χ0) is 16.1. The number of Topliss-reactive ketones (excluding diaryl/α,β-unsaturated/α-hetero) is 1. The van der Waals surface area contributed by atoms with E-state index < -0.39 is 0 Å². The highest BCUT2D eigenvalue weighted by Crippen LogP contribution is 2.47. The molecule has 2 aromatic rings. The maximum atomic E-state index is 12.9. The van der Waals surface area contributed by atoms with Crippen LogP contribution in [-0.4, -0.2) is 25.8 Å². The normalized spacial score (nSPS) is 19.9. The topological polar surface area (TPSA) is 40.6 Å². The van der Waals surface area contributed by atoms with Gasteiger partial charge < -0.3 is 9.80 Å². The van der Waals surface area contributed by atoms with Gasteiger partial charge in [-0.2, -0.15) is 0 Å². The highest BCUT2D eigenvalue weighted by molar-refractivity contribution is 8.03. The van der Waals surface area contributed by atoms with Gasteiger partial charge in [0, 0.05) is 24.6 Å². The van der Waals surface area contributed by atoms with Crippen LogP contribution < -0.4 is 9.80 Å². The second kappa shape index (κ2) is 4.99. The average molecular weight is 322 g/mol. The summed E-state index contributed by atoms with van der Waals surface area (Å²) >= 11 is 1.47. The summed E-state index contributed by atoms with van der Waals surface area (Å²) in [6.45, 7) is 0. The van der Waals surface area contributed by atoms with Gasteiger partial charge in [-0.1, -0.05) is 36.0 Å². The molecule has 0 saturated heterocycles. The van der Waals surface area contributed by atoms with Gasteiger partial charge in [-0.25, -0.2) is 0 Å². The summed E-state index contributed by atoms with van der Waals surface area (Å²) in [5.74, 6) is -0.457. The van der Waals surface area contributed by atoms with Crippen LogP contribution in [0.3, 0.4) is 0 Å². The fraction of sp³-hybridized carbons (Fsp3) is 0.111. The number of rotatable bonds is 0. The monoisotopic (exact) mass is 322 g/mol. The first-order chi connectivity index (χ1) is 11.1. The molecule has 0 fully saturated rings. The van der Waals surface area contributed by atoms with Crippen molar-refractivity contribution in [3.63, 3.8) is 0 Å². The molecule has 2 aliphatic rings. The zero-order valence-electron chi connectivity index (χ0n) is 12.7. The van der Waals surface area contributed by atoms with Crippen molar-refractivity contribution in [1.29, 1.82) is 0 Å². The van der Waals surface area contributed by atoms with E-state index in [1.54, 1.807) is 24.1 Å². The molecule has 0 spiro atoms. The van der Waals surface area contributed by atoms with Crippen LogP contribution >= 0.6 is 11.8 Å².